The Balaban J connectivity index is 2.35. The standard InChI is InChI=1S/C12H9BrCl2N2O2S/c13-9-5-7(1-3-10(9)14)17-20(18,19)8-2-4-12(16)11(15)6-8/h1-6,17H,16H2. The highest BCUT2D eigenvalue weighted by Crippen LogP contribution is 2.28. The second kappa shape index (κ2) is 5.81. The minimum absolute atomic E-state index is 0.0303. The van der Waals surface area contributed by atoms with E-state index in [-0.39, 0.29) is 9.92 Å². The molecule has 0 aliphatic rings. The van der Waals surface area contributed by atoms with Crippen LogP contribution in [0.3, 0.4) is 0 Å². The van der Waals surface area contributed by atoms with Gasteiger partial charge in [-0.3, -0.25) is 4.72 Å². The normalized spacial score (nSPS) is 11.3. The van der Waals surface area contributed by atoms with Crippen LogP contribution in [0.2, 0.25) is 10.0 Å². The zero-order valence-electron chi connectivity index (χ0n) is 9.90. The maximum Gasteiger partial charge on any atom is 0.261 e. The minimum atomic E-state index is -3.74. The Kier molecular flexibility index (Phi) is 4.49. The van der Waals surface area contributed by atoms with Crippen LogP contribution in [-0.2, 0) is 10.0 Å². The first-order valence-electron chi connectivity index (χ1n) is 5.32. The Labute approximate surface area is 135 Å². The molecule has 20 heavy (non-hydrogen) atoms. The number of rotatable bonds is 3. The largest absolute Gasteiger partial charge is 0.398 e. The van der Waals surface area contributed by atoms with E-state index >= 15 is 0 Å². The summed E-state index contributed by atoms with van der Waals surface area (Å²) in [5.74, 6) is 0. The molecule has 0 saturated carbocycles. The van der Waals surface area contributed by atoms with Gasteiger partial charge in [0.05, 0.1) is 26.3 Å². The van der Waals surface area contributed by atoms with Gasteiger partial charge in [0, 0.05) is 4.47 Å². The molecular weight excluding hydrogens is 387 g/mol. The fourth-order valence-electron chi connectivity index (χ4n) is 1.45. The minimum Gasteiger partial charge on any atom is -0.398 e. The fourth-order valence-corrected chi connectivity index (χ4v) is 3.27. The zero-order valence-corrected chi connectivity index (χ0v) is 13.8. The molecule has 0 saturated heterocycles. The van der Waals surface area contributed by atoms with Crippen molar-refractivity contribution in [3.63, 3.8) is 0 Å². The molecule has 0 atom stereocenters. The highest BCUT2D eigenvalue weighted by atomic mass is 79.9. The number of sulfonamides is 1. The molecule has 0 aromatic heterocycles. The van der Waals surface area contributed by atoms with Gasteiger partial charge < -0.3 is 5.73 Å². The fraction of sp³-hybridized carbons (Fsp3) is 0. The summed E-state index contributed by atoms with van der Waals surface area (Å²) in [6.07, 6.45) is 0. The van der Waals surface area contributed by atoms with Gasteiger partial charge in [-0.1, -0.05) is 23.2 Å². The Morgan fingerprint density at radius 2 is 1.75 bits per heavy atom. The van der Waals surface area contributed by atoms with E-state index in [0.717, 1.165) is 0 Å². The van der Waals surface area contributed by atoms with E-state index in [4.69, 9.17) is 28.9 Å². The Hall–Kier alpha value is -0.950. The van der Waals surface area contributed by atoms with Gasteiger partial charge in [0.15, 0.2) is 0 Å². The van der Waals surface area contributed by atoms with Crippen molar-refractivity contribution < 1.29 is 8.42 Å². The molecule has 0 amide bonds. The van der Waals surface area contributed by atoms with Crippen molar-refractivity contribution >= 4 is 60.5 Å². The molecule has 106 valence electrons. The molecule has 2 aromatic carbocycles. The van der Waals surface area contributed by atoms with Crippen LogP contribution in [-0.4, -0.2) is 8.42 Å². The first kappa shape index (κ1) is 15.4. The molecule has 0 fully saturated rings. The number of nitrogens with two attached hydrogens (primary N) is 1. The highest BCUT2D eigenvalue weighted by Gasteiger charge is 2.16. The third-order valence-electron chi connectivity index (χ3n) is 2.45. The Bertz CT molecular complexity index is 766. The van der Waals surface area contributed by atoms with Crippen LogP contribution < -0.4 is 10.5 Å². The van der Waals surface area contributed by atoms with Gasteiger partial charge in [-0.15, -0.1) is 0 Å². The molecule has 0 unspecified atom stereocenters. The van der Waals surface area contributed by atoms with Crippen LogP contribution in [0.1, 0.15) is 0 Å². The van der Waals surface area contributed by atoms with E-state index in [2.05, 4.69) is 20.7 Å². The van der Waals surface area contributed by atoms with Gasteiger partial charge in [0.2, 0.25) is 0 Å². The van der Waals surface area contributed by atoms with Crippen molar-refractivity contribution in [3.8, 4) is 0 Å². The molecule has 8 heteroatoms. The molecule has 0 radical (unpaired) electrons. The average molecular weight is 396 g/mol. The summed E-state index contributed by atoms with van der Waals surface area (Å²) < 4.78 is 27.4. The second-order valence-electron chi connectivity index (χ2n) is 3.92. The van der Waals surface area contributed by atoms with Crippen LogP contribution in [0, 0.1) is 0 Å². The number of hydrogen-bond acceptors (Lipinski definition) is 3. The zero-order chi connectivity index (χ0) is 14.9. The number of anilines is 2. The second-order valence-corrected chi connectivity index (χ2v) is 7.27. The lowest BCUT2D eigenvalue weighted by atomic mass is 10.3. The quantitative estimate of drug-likeness (QED) is 0.767. The smallest absolute Gasteiger partial charge is 0.261 e. The predicted octanol–water partition coefficient (Wildman–Crippen LogP) is 4.14. The third kappa shape index (κ3) is 3.38. The molecular formula is C12H9BrCl2N2O2S. The van der Waals surface area contributed by atoms with Crippen molar-refractivity contribution in [1.29, 1.82) is 0 Å². The molecule has 0 bridgehead atoms. The van der Waals surface area contributed by atoms with Crippen molar-refractivity contribution in [2.45, 2.75) is 4.90 Å². The van der Waals surface area contributed by atoms with Crippen LogP contribution >= 0.6 is 39.1 Å². The SMILES string of the molecule is Nc1ccc(S(=O)(=O)Nc2ccc(Cl)c(Br)c2)cc1Cl. The van der Waals surface area contributed by atoms with E-state index in [1.165, 1.54) is 18.2 Å². The van der Waals surface area contributed by atoms with Crippen LogP contribution in [0.25, 0.3) is 0 Å². The lowest BCUT2D eigenvalue weighted by Gasteiger charge is -2.10. The molecule has 0 aliphatic heterocycles. The Morgan fingerprint density at radius 1 is 1.05 bits per heavy atom. The van der Waals surface area contributed by atoms with Crippen molar-refractivity contribution in [2.24, 2.45) is 0 Å². The van der Waals surface area contributed by atoms with Crippen LogP contribution in [0.15, 0.2) is 45.8 Å². The predicted molar refractivity (Wildman–Crippen MR) is 85.8 cm³/mol. The van der Waals surface area contributed by atoms with Gasteiger partial charge >= 0.3 is 0 Å². The molecule has 3 N–H and O–H groups in total. The summed E-state index contributed by atoms with van der Waals surface area (Å²) in [5.41, 5.74) is 6.26. The van der Waals surface area contributed by atoms with Gasteiger partial charge in [0.1, 0.15) is 0 Å². The molecule has 0 spiro atoms. The first-order chi connectivity index (χ1) is 9.29. The van der Waals surface area contributed by atoms with Crippen LogP contribution in [0.4, 0.5) is 11.4 Å². The number of nitrogens with one attached hydrogen (secondary N) is 1. The molecule has 0 aliphatic carbocycles. The molecule has 2 rings (SSSR count). The lowest BCUT2D eigenvalue weighted by molar-refractivity contribution is 0.601. The van der Waals surface area contributed by atoms with Gasteiger partial charge in [-0.25, -0.2) is 8.42 Å². The van der Waals surface area contributed by atoms with Crippen molar-refractivity contribution in [3.05, 3.63) is 50.9 Å². The van der Waals surface area contributed by atoms with E-state index < -0.39 is 10.0 Å². The number of nitrogen functional groups attached to an aromatic ring is 1. The van der Waals surface area contributed by atoms with Gasteiger partial charge in [-0.2, -0.15) is 0 Å². The van der Waals surface area contributed by atoms with E-state index in [9.17, 15) is 8.42 Å². The first-order valence-corrected chi connectivity index (χ1v) is 8.36. The summed E-state index contributed by atoms with van der Waals surface area (Å²) in [6.45, 7) is 0. The molecule has 4 nitrogen and oxygen atoms in total. The highest BCUT2D eigenvalue weighted by molar-refractivity contribution is 9.10. The maximum atomic E-state index is 12.2. The third-order valence-corrected chi connectivity index (χ3v) is 5.37. The number of halogens is 3. The summed E-state index contributed by atoms with van der Waals surface area (Å²) >= 11 is 14.9. The number of benzene rings is 2. The molecule has 0 heterocycles. The van der Waals surface area contributed by atoms with E-state index in [0.29, 0.717) is 20.9 Å². The lowest BCUT2D eigenvalue weighted by Crippen LogP contribution is -2.13. The average Bonchev–Trinajstić information content (AvgIpc) is 2.37. The summed E-state index contributed by atoms with van der Waals surface area (Å²) in [4.78, 5) is 0.0303. The van der Waals surface area contributed by atoms with Crippen molar-refractivity contribution in [1.82, 2.24) is 0 Å². The monoisotopic (exact) mass is 394 g/mol. The Morgan fingerprint density at radius 3 is 2.35 bits per heavy atom. The van der Waals surface area contributed by atoms with Gasteiger partial charge in [-0.05, 0) is 52.3 Å². The van der Waals surface area contributed by atoms with Gasteiger partial charge in [0.25, 0.3) is 10.0 Å². The summed E-state index contributed by atoms with van der Waals surface area (Å²) in [7, 11) is -3.74. The summed E-state index contributed by atoms with van der Waals surface area (Å²) in [5, 5.41) is 0.675. The summed E-state index contributed by atoms with van der Waals surface area (Å²) in [6, 6.07) is 8.83. The van der Waals surface area contributed by atoms with Crippen LogP contribution in [0.5, 0.6) is 0 Å². The molecule has 2 aromatic rings. The maximum absolute atomic E-state index is 12.2. The van der Waals surface area contributed by atoms with E-state index in [1.54, 1.807) is 18.2 Å². The topological polar surface area (TPSA) is 72.2 Å². The number of hydrogen-bond donors (Lipinski definition) is 2. The van der Waals surface area contributed by atoms with Crippen molar-refractivity contribution in [2.75, 3.05) is 10.5 Å². The van der Waals surface area contributed by atoms with E-state index in [1.807, 2.05) is 0 Å².